The van der Waals surface area contributed by atoms with E-state index in [2.05, 4.69) is 5.32 Å². The summed E-state index contributed by atoms with van der Waals surface area (Å²) in [6, 6.07) is -0.0217. The molecule has 2 unspecified atom stereocenters. The SMILES string of the molecule is CC1OCCC1(C)NC(=O)N1CCC(CCC(=O)O)CC1. The molecule has 0 aromatic rings. The van der Waals surface area contributed by atoms with Crippen molar-refractivity contribution in [2.24, 2.45) is 5.92 Å². The smallest absolute Gasteiger partial charge is 0.317 e. The van der Waals surface area contributed by atoms with Crippen LogP contribution in [0.25, 0.3) is 0 Å². The normalized spacial score (nSPS) is 30.4. The minimum Gasteiger partial charge on any atom is -0.481 e. The van der Waals surface area contributed by atoms with Crippen LogP contribution in [-0.2, 0) is 9.53 Å². The second kappa shape index (κ2) is 6.64. The molecule has 0 aliphatic carbocycles. The standard InChI is InChI=1S/C15H26N2O4/c1-11-15(2,7-10-21-11)16-14(20)17-8-5-12(6-9-17)3-4-13(18)19/h11-12H,3-10H2,1-2H3,(H,16,20)(H,18,19). The van der Waals surface area contributed by atoms with Crippen LogP contribution in [0.1, 0.15) is 46.0 Å². The molecule has 0 radical (unpaired) electrons. The Labute approximate surface area is 125 Å². The van der Waals surface area contributed by atoms with E-state index in [4.69, 9.17) is 9.84 Å². The third-order valence-electron chi connectivity index (χ3n) is 4.95. The van der Waals surface area contributed by atoms with E-state index in [1.807, 2.05) is 18.7 Å². The van der Waals surface area contributed by atoms with Gasteiger partial charge >= 0.3 is 12.0 Å². The fourth-order valence-corrected chi connectivity index (χ4v) is 3.07. The second-order valence-electron chi connectivity index (χ2n) is 6.47. The molecule has 0 aromatic heterocycles. The predicted molar refractivity (Wildman–Crippen MR) is 78.1 cm³/mol. The topological polar surface area (TPSA) is 78.9 Å². The molecule has 0 aromatic carbocycles. The van der Waals surface area contributed by atoms with E-state index < -0.39 is 5.97 Å². The highest BCUT2D eigenvalue weighted by atomic mass is 16.5. The molecule has 6 heteroatoms. The van der Waals surface area contributed by atoms with Gasteiger partial charge in [-0.1, -0.05) is 0 Å². The number of urea groups is 1. The van der Waals surface area contributed by atoms with Gasteiger partial charge in [0, 0.05) is 26.1 Å². The van der Waals surface area contributed by atoms with Crippen LogP contribution in [0.15, 0.2) is 0 Å². The van der Waals surface area contributed by atoms with Gasteiger partial charge < -0.3 is 20.1 Å². The first-order chi connectivity index (χ1) is 9.90. The van der Waals surface area contributed by atoms with Gasteiger partial charge in [-0.25, -0.2) is 4.79 Å². The zero-order chi connectivity index (χ0) is 15.5. The third kappa shape index (κ3) is 4.09. The van der Waals surface area contributed by atoms with Crippen molar-refractivity contribution in [2.75, 3.05) is 19.7 Å². The van der Waals surface area contributed by atoms with Crippen molar-refractivity contribution >= 4 is 12.0 Å². The molecule has 2 heterocycles. The van der Waals surface area contributed by atoms with Crippen molar-refractivity contribution in [1.29, 1.82) is 0 Å². The zero-order valence-electron chi connectivity index (χ0n) is 12.9. The molecule has 2 fully saturated rings. The summed E-state index contributed by atoms with van der Waals surface area (Å²) in [5, 5.41) is 11.8. The van der Waals surface area contributed by atoms with Gasteiger partial charge in [-0.3, -0.25) is 4.79 Å². The maximum atomic E-state index is 12.3. The number of piperidine rings is 1. The number of hydrogen-bond acceptors (Lipinski definition) is 3. The van der Waals surface area contributed by atoms with E-state index in [-0.39, 0.29) is 24.1 Å². The van der Waals surface area contributed by atoms with Gasteiger partial charge in [0.2, 0.25) is 0 Å². The largest absolute Gasteiger partial charge is 0.481 e. The Hall–Kier alpha value is -1.30. The molecule has 2 amide bonds. The number of likely N-dealkylation sites (tertiary alicyclic amines) is 1. The Morgan fingerprint density at radius 2 is 2.05 bits per heavy atom. The summed E-state index contributed by atoms with van der Waals surface area (Å²) in [4.78, 5) is 24.8. The van der Waals surface area contributed by atoms with E-state index in [1.54, 1.807) is 0 Å². The summed E-state index contributed by atoms with van der Waals surface area (Å²) in [7, 11) is 0. The lowest BCUT2D eigenvalue weighted by Crippen LogP contribution is -2.56. The zero-order valence-corrected chi connectivity index (χ0v) is 12.9. The predicted octanol–water partition coefficient (Wildman–Crippen LogP) is 1.84. The van der Waals surface area contributed by atoms with E-state index in [1.165, 1.54) is 0 Å². The lowest BCUT2D eigenvalue weighted by molar-refractivity contribution is -0.137. The lowest BCUT2D eigenvalue weighted by Gasteiger charge is -2.36. The van der Waals surface area contributed by atoms with Gasteiger partial charge in [0.25, 0.3) is 0 Å². The van der Waals surface area contributed by atoms with Crippen molar-refractivity contribution < 1.29 is 19.4 Å². The molecule has 2 saturated heterocycles. The molecule has 21 heavy (non-hydrogen) atoms. The molecule has 2 rings (SSSR count). The quantitative estimate of drug-likeness (QED) is 0.830. The van der Waals surface area contributed by atoms with Crippen LogP contribution in [0.3, 0.4) is 0 Å². The van der Waals surface area contributed by atoms with Crippen molar-refractivity contribution in [3.05, 3.63) is 0 Å². The average Bonchev–Trinajstić information content (AvgIpc) is 2.76. The van der Waals surface area contributed by atoms with Gasteiger partial charge in [0.1, 0.15) is 0 Å². The number of carbonyl (C=O) groups is 2. The van der Waals surface area contributed by atoms with Crippen molar-refractivity contribution in [2.45, 2.75) is 57.6 Å². The minimum atomic E-state index is -0.738. The Kier molecular flexibility index (Phi) is 5.08. The molecular formula is C15H26N2O4. The molecule has 0 saturated carbocycles. The lowest BCUT2D eigenvalue weighted by atomic mass is 9.92. The summed E-state index contributed by atoms with van der Waals surface area (Å²) in [5.41, 5.74) is -0.281. The van der Waals surface area contributed by atoms with Gasteiger partial charge in [0.15, 0.2) is 0 Å². The third-order valence-corrected chi connectivity index (χ3v) is 4.95. The summed E-state index contributed by atoms with van der Waals surface area (Å²) in [6.45, 7) is 6.13. The molecule has 120 valence electrons. The molecule has 6 nitrogen and oxygen atoms in total. The highest BCUT2D eigenvalue weighted by Gasteiger charge is 2.39. The number of aliphatic carboxylic acids is 1. The van der Waals surface area contributed by atoms with Gasteiger partial charge in [-0.05, 0) is 45.4 Å². The summed E-state index contributed by atoms with van der Waals surface area (Å²) >= 11 is 0. The molecular weight excluding hydrogens is 272 g/mol. The number of nitrogens with one attached hydrogen (secondary N) is 1. The highest BCUT2D eigenvalue weighted by molar-refractivity contribution is 5.75. The molecule has 0 bridgehead atoms. The Morgan fingerprint density at radius 3 is 2.57 bits per heavy atom. The first-order valence-electron chi connectivity index (χ1n) is 7.81. The first kappa shape index (κ1) is 16.1. The number of nitrogens with zero attached hydrogens (tertiary/aromatic N) is 1. The van der Waals surface area contributed by atoms with Crippen LogP contribution in [0.4, 0.5) is 4.79 Å². The average molecular weight is 298 g/mol. The number of carboxylic acids is 1. The monoisotopic (exact) mass is 298 g/mol. The van der Waals surface area contributed by atoms with Crippen LogP contribution in [0.2, 0.25) is 0 Å². The molecule has 2 N–H and O–H groups in total. The number of amides is 2. The summed E-state index contributed by atoms with van der Waals surface area (Å²) in [5.74, 6) is -0.312. The second-order valence-corrected chi connectivity index (χ2v) is 6.47. The fourth-order valence-electron chi connectivity index (χ4n) is 3.07. The number of carbonyl (C=O) groups excluding carboxylic acids is 1. The fraction of sp³-hybridized carbons (Fsp3) is 0.867. The maximum absolute atomic E-state index is 12.3. The van der Waals surface area contributed by atoms with Crippen LogP contribution in [0.5, 0.6) is 0 Å². The Balaban J connectivity index is 1.77. The van der Waals surface area contributed by atoms with Crippen molar-refractivity contribution in [3.8, 4) is 0 Å². The van der Waals surface area contributed by atoms with Gasteiger partial charge in [0.05, 0.1) is 11.6 Å². The Morgan fingerprint density at radius 1 is 1.38 bits per heavy atom. The van der Waals surface area contributed by atoms with Crippen molar-refractivity contribution in [1.82, 2.24) is 10.2 Å². The van der Waals surface area contributed by atoms with E-state index >= 15 is 0 Å². The van der Waals surface area contributed by atoms with Crippen LogP contribution in [-0.4, -0.2) is 53.3 Å². The minimum absolute atomic E-state index is 0.0217. The number of ether oxygens (including phenoxy) is 1. The summed E-state index contributed by atoms with van der Waals surface area (Å²) < 4.78 is 5.54. The van der Waals surface area contributed by atoms with E-state index in [0.29, 0.717) is 32.0 Å². The highest BCUT2D eigenvalue weighted by Crippen LogP contribution is 2.26. The molecule has 2 atom stereocenters. The molecule has 0 spiro atoms. The van der Waals surface area contributed by atoms with Gasteiger partial charge in [-0.15, -0.1) is 0 Å². The number of rotatable bonds is 4. The van der Waals surface area contributed by atoms with E-state index in [9.17, 15) is 9.59 Å². The van der Waals surface area contributed by atoms with Crippen LogP contribution in [0, 0.1) is 5.92 Å². The van der Waals surface area contributed by atoms with E-state index in [0.717, 1.165) is 19.3 Å². The number of carboxylic acid groups (broad SMARTS) is 1. The molecule has 2 aliphatic rings. The van der Waals surface area contributed by atoms with Crippen LogP contribution >= 0.6 is 0 Å². The first-order valence-corrected chi connectivity index (χ1v) is 7.81. The summed E-state index contributed by atoms with van der Waals surface area (Å²) in [6.07, 6.45) is 3.61. The van der Waals surface area contributed by atoms with Crippen molar-refractivity contribution in [3.63, 3.8) is 0 Å². The molecule has 2 aliphatic heterocycles. The van der Waals surface area contributed by atoms with Crippen LogP contribution < -0.4 is 5.32 Å². The van der Waals surface area contributed by atoms with Gasteiger partial charge in [-0.2, -0.15) is 0 Å². The number of hydrogen-bond donors (Lipinski definition) is 2. The maximum Gasteiger partial charge on any atom is 0.317 e. The Bertz CT molecular complexity index is 393.